The first-order chi connectivity index (χ1) is 6.44. The van der Waals surface area contributed by atoms with E-state index < -0.39 is 11.5 Å². The number of hydrogen-bond acceptors (Lipinski definition) is 2. The first-order valence-electron chi connectivity index (χ1n) is 4.62. The van der Waals surface area contributed by atoms with Crippen LogP contribution < -0.4 is 0 Å². The summed E-state index contributed by atoms with van der Waals surface area (Å²) >= 11 is 3.32. The number of carbonyl (C=O) groups is 2. The summed E-state index contributed by atoms with van der Waals surface area (Å²) < 4.78 is 0. The Morgan fingerprint density at radius 2 is 2.21 bits per heavy atom. The highest BCUT2D eigenvalue weighted by atomic mass is 79.9. The average Bonchev–Trinajstić information content (AvgIpc) is 2.44. The van der Waals surface area contributed by atoms with E-state index in [0.29, 0.717) is 19.4 Å². The van der Waals surface area contributed by atoms with E-state index in [9.17, 15) is 9.59 Å². The smallest absolute Gasteiger partial charge is 0.330 e. The van der Waals surface area contributed by atoms with Crippen molar-refractivity contribution in [1.82, 2.24) is 4.90 Å². The van der Waals surface area contributed by atoms with Crippen LogP contribution in [0.4, 0.5) is 0 Å². The Labute approximate surface area is 91.4 Å². The van der Waals surface area contributed by atoms with E-state index in [4.69, 9.17) is 5.11 Å². The van der Waals surface area contributed by atoms with Gasteiger partial charge in [0.25, 0.3) is 0 Å². The lowest BCUT2D eigenvalue weighted by atomic mass is 9.99. The molecule has 1 saturated heterocycles. The number of rotatable bonds is 2. The quantitative estimate of drug-likeness (QED) is 0.763. The monoisotopic (exact) mass is 263 g/mol. The van der Waals surface area contributed by atoms with E-state index in [1.165, 1.54) is 4.90 Å². The van der Waals surface area contributed by atoms with Gasteiger partial charge >= 0.3 is 5.97 Å². The van der Waals surface area contributed by atoms with E-state index >= 15 is 0 Å². The van der Waals surface area contributed by atoms with Crippen LogP contribution in [0.5, 0.6) is 0 Å². The molecule has 0 spiro atoms. The van der Waals surface area contributed by atoms with Crippen molar-refractivity contribution in [2.75, 3.05) is 6.54 Å². The zero-order valence-corrected chi connectivity index (χ0v) is 9.87. The van der Waals surface area contributed by atoms with Gasteiger partial charge in [0.05, 0.1) is 4.83 Å². The minimum Gasteiger partial charge on any atom is -0.479 e. The minimum atomic E-state index is -1.09. The highest BCUT2D eigenvalue weighted by Gasteiger charge is 2.51. The van der Waals surface area contributed by atoms with Gasteiger partial charge in [-0.05, 0) is 13.3 Å². The summed E-state index contributed by atoms with van der Waals surface area (Å²) in [6.45, 7) is 3.85. The molecule has 2 atom stereocenters. The summed E-state index contributed by atoms with van der Waals surface area (Å²) in [7, 11) is 0. The maximum Gasteiger partial charge on any atom is 0.330 e. The van der Waals surface area contributed by atoms with Gasteiger partial charge in [0.2, 0.25) is 5.91 Å². The van der Waals surface area contributed by atoms with Crippen molar-refractivity contribution in [2.45, 2.75) is 37.1 Å². The molecule has 14 heavy (non-hydrogen) atoms. The molecule has 0 aliphatic carbocycles. The number of aliphatic carboxylic acids is 1. The number of alkyl halides is 1. The number of likely N-dealkylation sites (tertiary alicyclic amines) is 1. The molecule has 1 unspecified atom stereocenters. The number of hydrogen-bond donors (Lipinski definition) is 1. The van der Waals surface area contributed by atoms with Crippen molar-refractivity contribution in [2.24, 2.45) is 0 Å². The van der Waals surface area contributed by atoms with Gasteiger partial charge in [-0.1, -0.05) is 22.9 Å². The molecule has 0 saturated carbocycles. The molecule has 1 fully saturated rings. The highest BCUT2D eigenvalue weighted by Crippen LogP contribution is 2.35. The van der Waals surface area contributed by atoms with Gasteiger partial charge in [-0.2, -0.15) is 0 Å². The normalized spacial score (nSPS) is 31.9. The molecule has 4 nitrogen and oxygen atoms in total. The van der Waals surface area contributed by atoms with Crippen LogP contribution in [0.1, 0.15) is 26.7 Å². The van der Waals surface area contributed by atoms with Crippen molar-refractivity contribution in [1.29, 1.82) is 0 Å². The van der Waals surface area contributed by atoms with Gasteiger partial charge in [0, 0.05) is 13.0 Å². The summed E-state index contributed by atoms with van der Waals surface area (Å²) in [6.07, 6.45) is 1.04. The first kappa shape index (κ1) is 11.5. The van der Waals surface area contributed by atoms with Gasteiger partial charge in [-0.25, -0.2) is 4.79 Å². The van der Waals surface area contributed by atoms with Crippen molar-refractivity contribution in [3.63, 3.8) is 0 Å². The van der Waals surface area contributed by atoms with Crippen LogP contribution in [0.25, 0.3) is 0 Å². The Morgan fingerprint density at radius 1 is 1.64 bits per heavy atom. The zero-order chi connectivity index (χ0) is 10.9. The molecule has 1 heterocycles. The lowest BCUT2D eigenvalue weighted by Crippen LogP contribution is -2.54. The molecule has 1 amide bonds. The molecule has 0 aromatic carbocycles. The zero-order valence-electron chi connectivity index (χ0n) is 8.29. The second-order valence-electron chi connectivity index (χ2n) is 3.61. The molecule has 5 heteroatoms. The minimum absolute atomic E-state index is 0.100. The highest BCUT2D eigenvalue weighted by molar-refractivity contribution is 9.09. The lowest BCUT2D eigenvalue weighted by molar-refractivity contribution is -0.154. The standard InChI is InChI=1S/C9H14BrNO3/c1-3-7(12)11-5-4-6(10)9(11,2)8(13)14/h6H,3-5H2,1-2H3,(H,13,14)/t6?,9-/m1/s1. The SMILES string of the molecule is CCC(=O)N1CCC(Br)[C@]1(C)C(=O)O. The van der Waals surface area contributed by atoms with Crippen LogP contribution in [0.2, 0.25) is 0 Å². The van der Waals surface area contributed by atoms with E-state index in [-0.39, 0.29) is 10.7 Å². The maximum absolute atomic E-state index is 11.5. The van der Waals surface area contributed by atoms with Gasteiger partial charge < -0.3 is 10.0 Å². The molecule has 0 bridgehead atoms. The number of amides is 1. The molecule has 1 rings (SSSR count). The van der Waals surface area contributed by atoms with E-state index in [1.807, 2.05) is 0 Å². The lowest BCUT2D eigenvalue weighted by Gasteiger charge is -2.33. The number of carbonyl (C=O) groups excluding carboxylic acids is 1. The molecule has 1 aliphatic rings. The topological polar surface area (TPSA) is 57.6 Å². The molecular weight excluding hydrogens is 250 g/mol. The van der Waals surface area contributed by atoms with Crippen LogP contribution in [-0.2, 0) is 9.59 Å². The largest absolute Gasteiger partial charge is 0.479 e. The third-order valence-corrected chi connectivity index (χ3v) is 4.16. The van der Waals surface area contributed by atoms with Crippen molar-refractivity contribution in [3.05, 3.63) is 0 Å². The van der Waals surface area contributed by atoms with Gasteiger partial charge in [0.15, 0.2) is 0 Å². The van der Waals surface area contributed by atoms with Gasteiger partial charge in [-0.3, -0.25) is 4.79 Å². The van der Waals surface area contributed by atoms with Gasteiger partial charge in [0.1, 0.15) is 5.54 Å². The second-order valence-corrected chi connectivity index (χ2v) is 4.71. The molecule has 1 aliphatic heterocycles. The van der Waals surface area contributed by atoms with Crippen LogP contribution in [0.15, 0.2) is 0 Å². The average molecular weight is 264 g/mol. The number of carboxylic acid groups (broad SMARTS) is 1. The molecule has 0 aromatic rings. The van der Waals surface area contributed by atoms with Crippen molar-refractivity contribution < 1.29 is 14.7 Å². The number of carboxylic acids is 1. The molecule has 1 N–H and O–H groups in total. The predicted octanol–water partition coefficient (Wildman–Crippen LogP) is 1.24. The molecule has 0 aromatic heterocycles. The summed E-state index contributed by atoms with van der Waals surface area (Å²) in [6, 6.07) is 0. The van der Waals surface area contributed by atoms with Crippen LogP contribution in [0.3, 0.4) is 0 Å². The Hall–Kier alpha value is -0.580. The molecule has 80 valence electrons. The Balaban J connectivity index is 2.98. The number of nitrogens with zero attached hydrogens (tertiary/aromatic N) is 1. The second kappa shape index (κ2) is 3.88. The van der Waals surface area contributed by atoms with Crippen molar-refractivity contribution >= 4 is 27.8 Å². The summed E-state index contributed by atoms with van der Waals surface area (Å²) in [5.74, 6) is -1.05. The summed E-state index contributed by atoms with van der Waals surface area (Å²) in [5.41, 5.74) is -1.09. The Kier molecular flexibility index (Phi) is 3.19. The first-order valence-corrected chi connectivity index (χ1v) is 5.54. The third kappa shape index (κ3) is 1.54. The van der Waals surface area contributed by atoms with E-state index in [1.54, 1.807) is 13.8 Å². The van der Waals surface area contributed by atoms with Crippen LogP contribution >= 0.6 is 15.9 Å². The molecular formula is C9H14BrNO3. The fourth-order valence-electron chi connectivity index (χ4n) is 1.75. The fraction of sp³-hybridized carbons (Fsp3) is 0.778. The van der Waals surface area contributed by atoms with Crippen molar-refractivity contribution in [3.8, 4) is 0 Å². The summed E-state index contributed by atoms with van der Waals surface area (Å²) in [4.78, 5) is 24.0. The van der Waals surface area contributed by atoms with E-state index in [2.05, 4.69) is 15.9 Å². The predicted molar refractivity (Wildman–Crippen MR) is 55.4 cm³/mol. The summed E-state index contributed by atoms with van der Waals surface area (Å²) in [5, 5.41) is 9.13. The maximum atomic E-state index is 11.5. The third-order valence-electron chi connectivity index (χ3n) is 2.81. The van der Waals surface area contributed by atoms with Gasteiger partial charge in [-0.15, -0.1) is 0 Å². The Morgan fingerprint density at radius 3 is 2.64 bits per heavy atom. The van der Waals surface area contributed by atoms with Crippen LogP contribution in [0, 0.1) is 0 Å². The van der Waals surface area contributed by atoms with E-state index in [0.717, 1.165) is 0 Å². The fourth-order valence-corrected chi connectivity index (χ4v) is 2.40. The van der Waals surface area contributed by atoms with Crippen LogP contribution in [-0.4, -0.2) is 38.8 Å². The molecule has 0 radical (unpaired) electrons. The Bertz CT molecular complexity index is 269. The number of halogens is 1.